The maximum atomic E-state index is 12.1. The molecule has 0 spiro atoms. The number of carbonyl (C=O) groups is 2. The van der Waals surface area contributed by atoms with E-state index in [1.54, 1.807) is 6.07 Å². The van der Waals surface area contributed by atoms with Gasteiger partial charge in [-0.2, -0.15) is 0 Å². The van der Waals surface area contributed by atoms with Gasteiger partial charge < -0.3 is 4.74 Å². The van der Waals surface area contributed by atoms with E-state index in [0.29, 0.717) is 4.88 Å². The van der Waals surface area contributed by atoms with Gasteiger partial charge in [0.05, 0.1) is 0 Å². The van der Waals surface area contributed by atoms with Crippen LogP contribution >= 0.6 is 11.3 Å². The molecule has 1 N–H and O–H groups in total. The van der Waals surface area contributed by atoms with Gasteiger partial charge in [0.15, 0.2) is 6.10 Å². The highest BCUT2D eigenvalue weighted by molar-refractivity contribution is 7.14. The Bertz CT molecular complexity index is 678. The molecular formula is C15H15N3O3S. The van der Waals surface area contributed by atoms with Crippen LogP contribution in [0.25, 0.3) is 0 Å². The van der Waals surface area contributed by atoms with Crippen LogP contribution in [0.2, 0.25) is 0 Å². The molecule has 0 unspecified atom stereocenters. The number of ether oxygens (including phenoxy) is 1. The van der Waals surface area contributed by atoms with Crippen LogP contribution in [-0.4, -0.2) is 27.9 Å². The molecule has 2 heterocycles. The van der Waals surface area contributed by atoms with Gasteiger partial charge in [-0.3, -0.25) is 10.1 Å². The summed E-state index contributed by atoms with van der Waals surface area (Å²) in [6, 6.07) is 3.52. The van der Waals surface area contributed by atoms with Gasteiger partial charge in [0.2, 0.25) is 5.95 Å². The number of anilines is 1. The van der Waals surface area contributed by atoms with Crippen molar-refractivity contribution in [1.82, 2.24) is 9.97 Å². The molecule has 1 amide bonds. The third-order valence-corrected chi connectivity index (χ3v) is 4.62. The van der Waals surface area contributed by atoms with Crippen molar-refractivity contribution < 1.29 is 14.3 Å². The Morgan fingerprint density at radius 1 is 1.32 bits per heavy atom. The molecule has 1 aliphatic rings. The predicted octanol–water partition coefficient (Wildman–Crippen LogP) is 2.21. The number of thiophene rings is 1. The largest absolute Gasteiger partial charge is 0.448 e. The van der Waals surface area contributed by atoms with E-state index in [-0.39, 0.29) is 5.95 Å². The zero-order valence-corrected chi connectivity index (χ0v) is 12.9. The number of fused-ring (bicyclic) bond motifs is 1. The molecule has 0 saturated heterocycles. The van der Waals surface area contributed by atoms with Crippen LogP contribution in [0.1, 0.15) is 33.5 Å². The van der Waals surface area contributed by atoms with E-state index >= 15 is 0 Å². The third kappa shape index (κ3) is 3.14. The minimum Gasteiger partial charge on any atom is -0.448 e. The Morgan fingerprint density at radius 3 is 2.82 bits per heavy atom. The number of hydrogen-bond donors (Lipinski definition) is 1. The van der Waals surface area contributed by atoms with Crippen molar-refractivity contribution in [2.75, 3.05) is 5.32 Å². The summed E-state index contributed by atoms with van der Waals surface area (Å²) in [6.45, 7) is 1.53. The first-order valence-corrected chi connectivity index (χ1v) is 7.85. The molecule has 0 aliphatic heterocycles. The molecule has 0 fully saturated rings. The van der Waals surface area contributed by atoms with Gasteiger partial charge in [-0.1, -0.05) is 0 Å². The van der Waals surface area contributed by atoms with E-state index in [2.05, 4.69) is 15.3 Å². The minimum absolute atomic E-state index is 0.186. The number of hydrogen-bond acceptors (Lipinski definition) is 6. The molecule has 3 rings (SSSR count). The SMILES string of the molecule is C[C@H](OC(=O)c1cc2c(s1)CCC2)C(=O)Nc1ncccn1. The molecular weight excluding hydrogens is 302 g/mol. The Labute approximate surface area is 131 Å². The lowest BCUT2D eigenvalue weighted by molar-refractivity contribution is -0.123. The van der Waals surface area contributed by atoms with Crippen molar-refractivity contribution in [2.24, 2.45) is 0 Å². The second-order valence-electron chi connectivity index (χ2n) is 5.02. The molecule has 0 saturated carbocycles. The average Bonchev–Trinajstić information content (AvgIpc) is 3.09. The van der Waals surface area contributed by atoms with Gasteiger partial charge in [-0.15, -0.1) is 11.3 Å². The fourth-order valence-corrected chi connectivity index (χ4v) is 3.41. The molecule has 0 radical (unpaired) electrons. The van der Waals surface area contributed by atoms with Crippen molar-refractivity contribution in [3.63, 3.8) is 0 Å². The van der Waals surface area contributed by atoms with E-state index in [4.69, 9.17) is 4.74 Å². The summed E-state index contributed by atoms with van der Waals surface area (Å²) in [7, 11) is 0. The summed E-state index contributed by atoms with van der Waals surface area (Å²) >= 11 is 1.46. The zero-order chi connectivity index (χ0) is 15.5. The van der Waals surface area contributed by atoms with Crippen molar-refractivity contribution >= 4 is 29.2 Å². The second-order valence-corrected chi connectivity index (χ2v) is 6.16. The molecule has 2 aromatic heterocycles. The standard InChI is InChI=1S/C15H15N3O3S/c1-9(13(19)18-15-16-6-3-7-17-15)21-14(20)12-8-10-4-2-5-11(10)22-12/h3,6-9H,2,4-5H2,1H3,(H,16,17,18,19)/t9-/m0/s1. The van der Waals surface area contributed by atoms with Crippen LogP contribution < -0.4 is 5.32 Å². The lowest BCUT2D eigenvalue weighted by Crippen LogP contribution is -2.30. The predicted molar refractivity (Wildman–Crippen MR) is 81.9 cm³/mol. The van der Waals surface area contributed by atoms with E-state index in [0.717, 1.165) is 19.3 Å². The number of amides is 1. The highest BCUT2D eigenvalue weighted by atomic mass is 32.1. The Hall–Kier alpha value is -2.28. The number of rotatable bonds is 4. The van der Waals surface area contributed by atoms with Crippen LogP contribution in [0, 0.1) is 0 Å². The molecule has 0 bridgehead atoms. The molecule has 6 nitrogen and oxygen atoms in total. The summed E-state index contributed by atoms with van der Waals surface area (Å²) in [5, 5.41) is 2.50. The van der Waals surface area contributed by atoms with Crippen LogP contribution in [0.3, 0.4) is 0 Å². The molecule has 1 aliphatic carbocycles. The lowest BCUT2D eigenvalue weighted by Gasteiger charge is -2.11. The maximum absolute atomic E-state index is 12.1. The summed E-state index contributed by atoms with van der Waals surface area (Å²) in [6.07, 6.45) is 5.31. The fraction of sp³-hybridized carbons (Fsp3) is 0.333. The van der Waals surface area contributed by atoms with E-state index < -0.39 is 18.0 Å². The van der Waals surface area contributed by atoms with Crippen LogP contribution in [0.15, 0.2) is 24.5 Å². The number of aryl methyl sites for hydroxylation is 2. The van der Waals surface area contributed by atoms with Gasteiger partial charge in [0.25, 0.3) is 5.91 Å². The molecule has 7 heteroatoms. The number of aromatic nitrogens is 2. The van der Waals surface area contributed by atoms with Crippen molar-refractivity contribution in [2.45, 2.75) is 32.3 Å². The normalized spacial score (nSPS) is 14.2. The number of nitrogens with zero attached hydrogens (tertiary/aromatic N) is 2. The highest BCUT2D eigenvalue weighted by Crippen LogP contribution is 2.31. The van der Waals surface area contributed by atoms with Crippen molar-refractivity contribution in [3.05, 3.63) is 39.8 Å². The van der Waals surface area contributed by atoms with Crippen LogP contribution in [0.5, 0.6) is 0 Å². The first kappa shape index (κ1) is 14.6. The third-order valence-electron chi connectivity index (χ3n) is 3.40. The van der Waals surface area contributed by atoms with E-state index in [9.17, 15) is 9.59 Å². The molecule has 114 valence electrons. The average molecular weight is 317 g/mol. The van der Waals surface area contributed by atoms with Crippen molar-refractivity contribution in [1.29, 1.82) is 0 Å². The fourth-order valence-electron chi connectivity index (χ4n) is 2.28. The topological polar surface area (TPSA) is 81.2 Å². The second kappa shape index (κ2) is 6.23. The zero-order valence-electron chi connectivity index (χ0n) is 12.0. The van der Waals surface area contributed by atoms with Gasteiger partial charge >= 0.3 is 5.97 Å². The van der Waals surface area contributed by atoms with Gasteiger partial charge in [0, 0.05) is 17.3 Å². The maximum Gasteiger partial charge on any atom is 0.349 e. The van der Waals surface area contributed by atoms with E-state index in [1.807, 2.05) is 6.07 Å². The number of nitrogens with one attached hydrogen (secondary N) is 1. The monoisotopic (exact) mass is 317 g/mol. The summed E-state index contributed by atoms with van der Waals surface area (Å²) in [5.41, 5.74) is 1.23. The number of carbonyl (C=O) groups excluding carboxylic acids is 2. The first-order chi connectivity index (χ1) is 10.6. The summed E-state index contributed by atoms with van der Waals surface area (Å²) in [5.74, 6) is -0.731. The van der Waals surface area contributed by atoms with Gasteiger partial charge in [-0.25, -0.2) is 14.8 Å². The van der Waals surface area contributed by atoms with Crippen LogP contribution in [-0.2, 0) is 22.4 Å². The van der Waals surface area contributed by atoms with Crippen LogP contribution in [0.4, 0.5) is 5.95 Å². The molecule has 1 atom stereocenters. The Balaban J connectivity index is 1.59. The van der Waals surface area contributed by atoms with Gasteiger partial charge in [-0.05, 0) is 43.9 Å². The Kier molecular flexibility index (Phi) is 4.15. The smallest absolute Gasteiger partial charge is 0.349 e. The van der Waals surface area contributed by atoms with E-state index in [1.165, 1.54) is 41.1 Å². The quantitative estimate of drug-likeness (QED) is 0.874. The molecule has 0 aromatic carbocycles. The molecule has 2 aromatic rings. The number of esters is 1. The minimum atomic E-state index is -0.909. The molecule has 22 heavy (non-hydrogen) atoms. The van der Waals surface area contributed by atoms with Crippen molar-refractivity contribution in [3.8, 4) is 0 Å². The summed E-state index contributed by atoms with van der Waals surface area (Å²) in [4.78, 5) is 33.6. The highest BCUT2D eigenvalue weighted by Gasteiger charge is 2.23. The summed E-state index contributed by atoms with van der Waals surface area (Å²) < 4.78 is 5.21. The van der Waals surface area contributed by atoms with Gasteiger partial charge in [0.1, 0.15) is 4.88 Å². The lowest BCUT2D eigenvalue weighted by atomic mass is 10.2. The first-order valence-electron chi connectivity index (χ1n) is 7.04. The Morgan fingerprint density at radius 2 is 2.09 bits per heavy atom.